The lowest BCUT2D eigenvalue weighted by Crippen LogP contribution is -2.29. The molecule has 0 spiro atoms. The largest absolute Gasteiger partial charge is 0.486 e. The van der Waals surface area contributed by atoms with Crippen LogP contribution in [0.15, 0.2) is 47.3 Å². The Morgan fingerprint density at radius 1 is 1.15 bits per heavy atom. The summed E-state index contributed by atoms with van der Waals surface area (Å²) in [6.07, 6.45) is 0.0756. The number of amides is 1. The molecule has 0 fully saturated rings. The molecule has 0 bridgehead atoms. The summed E-state index contributed by atoms with van der Waals surface area (Å²) in [5, 5.41) is 10.7. The van der Waals surface area contributed by atoms with E-state index < -0.39 is 0 Å². The van der Waals surface area contributed by atoms with E-state index in [1.165, 1.54) is 0 Å². The molecule has 0 saturated carbocycles. The minimum Gasteiger partial charge on any atom is -0.486 e. The van der Waals surface area contributed by atoms with E-state index in [-0.39, 0.29) is 23.9 Å². The lowest BCUT2D eigenvalue weighted by atomic mass is 10.1. The van der Waals surface area contributed by atoms with E-state index >= 15 is 0 Å². The van der Waals surface area contributed by atoms with Gasteiger partial charge >= 0.3 is 0 Å². The van der Waals surface area contributed by atoms with Crippen LogP contribution < -0.4 is 20.3 Å². The van der Waals surface area contributed by atoms with Gasteiger partial charge in [-0.25, -0.2) is 5.10 Å². The van der Waals surface area contributed by atoms with Crippen LogP contribution in [0, 0.1) is 0 Å². The summed E-state index contributed by atoms with van der Waals surface area (Å²) in [7, 11) is 0. The molecule has 1 aliphatic rings. The predicted molar refractivity (Wildman–Crippen MR) is 100 cm³/mol. The van der Waals surface area contributed by atoms with Crippen LogP contribution in [0.1, 0.15) is 24.2 Å². The summed E-state index contributed by atoms with van der Waals surface area (Å²) in [5.41, 5.74) is 1.20. The van der Waals surface area contributed by atoms with Gasteiger partial charge in [-0.05, 0) is 30.7 Å². The summed E-state index contributed by atoms with van der Waals surface area (Å²) < 4.78 is 11.1. The zero-order chi connectivity index (χ0) is 18.8. The molecular formula is C20H19N3O4. The van der Waals surface area contributed by atoms with Crippen molar-refractivity contribution in [1.29, 1.82) is 0 Å². The molecule has 0 radical (unpaired) electrons. The van der Waals surface area contributed by atoms with Crippen molar-refractivity contribution in [2.24, 2.45) is 0 Å². The van der Waals surface area contributed by atoms with Gasteiger partial charge < -0.3 is 14.8 Å². The highest BCUT2D eigenvalue weighted by atomic mass is 16.6. The minimum absolute atomic E-state index is 0.0756. The van der Waals surface area contributed by atoms with E-state index in [9.17, 15) is 9.59 Å². The van der Waals surface area contributed by atoms with Crippen LogP contribution >= 0.6 is 0 Å². The normalized spacial score (nSPS) is 14.0. The zero-order valence-corrected chi connectivity index (χ0v) is 14.8. The second-order valence-electron chi connectivity index (χ2n) is 6.41. The number of H-pyrrole nitrogens is 1. The molecule has 2 heterocycles. The van der Waals surface area contributed by atoms with Crippen LogP contribution in [0.4, 0.5) is 0 Å². The molecule has 1 aliphatic heterocycles. The van der Waals surface area contributed by atoms with Crippen LogP contribution in [0.2, 0.25) is 0 Å². The van der Waals surface area contributed by atoms with E-state index in [0.717, 1.165) is 5.56 Å². The third-order valence-corrected chi connectivity index (χ3v) is 4.55. The van der Waals surface area contributed by atoms with Crippen molar-refractivity contribution in [2.45, 2.75) is 19.4 Å². The number of nitrogens with one attached hydrogen (secondary N) is 2. The maximum Gasteiger partial charge on any atom is 0.272 e. The van der Waals surface area contributed by atoms with Crippen molar-refractivity contribution in [3.05, 3.63) is 64.1 Å². The molecule has 4 rings (SSSR count). The first-order valence-electron chi connectivity index (χ1n) is 8.77. The number of hydrogen-bond donors (Lipinski definition) is 2. The van der Waals surface area contributed by atoms with Gasteiger partial charge in [0.2, 0.25) is 5.91 Å². The Morgan fingerprint density at radius 3 is 2.70 bits per heavy atom. The first-order valence-corrected chi connectivity index (χ1v) is 8.77. The first-order chi connectivity index (χ1) is 13.1. The van der Waals surface area contributed by atoms with Gasteiger partial charge in [-0.2, -0.15) is 5.10 Å². The predicted octanol–water partition coefficient (Wildman–Crippen LogP) is 2.11. The van der Waals surface area contributed by atoms with Gasteiger partial charge in [-0.1, -0.05) is 24.3 Å². The summed E-state index contributed by atoms with van der Waals surface area (Å²) in [4.78, 5) is 24.4. The summed E-state index contributed by atoms with van der Waals surface area (Å²) in [5.74, 6) is 1.22. The SMILES string of the molecule is CC(NC(=O)Cc1n[nH]c(=O)c2ccccc12)c1ccc2c(c1)OCCO2. The zero-order valence-electron chi connectivity index (χ0n) is 14.8. The van der Waals surface area contributed by atoms with E-state index in [1.54, 1.807) is 18.2 Å². The van der Waals surface area contributed by atoms with Crippen LogP contribution in [0.5, 0.6) is 11.5 Å². The molecule has 1 atom stereocenters. The maximum atomic E-state index is 12.5. The summed E-state index contributed by atoms with van der Waals surface area (Å²) in [6.45, 7) is 2.96. The fourth-order valence-electron chi connectivity index (χ4n) is 3.16. The molecule has 2 N–H and O–H groups in total. The lowest BCUT2D eigenvalue weighted by Gasteiger charge is -2.21. The molecule has 27 heavy (non-hydrogen) atoms. The van der Waals surface area contributed by atoms with Gasteiger partial charge in [-0.3, -0.25) is 9.59 Å². The second-order valence-corrected chi connectivity index (χ2v) is 6.41. The lowest BCUT2D eigenvalue weighted by molar-refractivity contribution is -0.121. The number of benzene rings is 2. The second kappa shape index (κ2) is 7.11. The fourth-order valence-corrected chi connectivity index (χ4v) is 3.16. The monoisotopic (exact) mass is 365 g/mol. The molecule has 138 valence electrons. The number of ether oxygens (including phenoxy) is 2. The van der Waals surface area contributed by atoms with E-state index in [2.05, 4.69) is 15.5 Å². The Labute approximate surface area is 155 Å². The van der Waals surface area contributed by atoms with E-state index in [0.29, 0.717) is 41.2 Å². The average Bonchev–Trinajstić information content (AvgIpc) is 2.70. The van der Waals surface area contributed by atoms with Crippen molar-refractivity contribution in [1.82, 2.24) is 15.5 Å². The first kappa shape index (κ1) is 17.1. The highest BCUT2D eigenvalue weighted by Gasteiger charge is 2.17. The van der Waals surface area contributed by atoms with Crippen LogP contribution in [-0.4, -0.2) is 29.3 Å². The molecule has 3 aromatic rings. The third kappa shape index (κ3) is 3.48. The Kier molecular flexibility index (Phi) is 4.50. The standard InChI is InChI=1S/C20H19N3O4/c1-12(13-6-7-17-18(10-13)27-9-8-26-17)21-19(24)11-16-14-4-2-3-5-15(14)20(25)23-22-16/h2-7,10,12H,8-9,11H2,1H3,(H,21,24)(H,23,25). The van der Waals surface area contributed by atoms with E-state index in [1.807, 2.05) is 31.2 Å². The number of carbonyl (C=O) groups is 1. The van der Waals surface area contributed by atoms with Gasteiger partial charge in [-0.15, -0.1) is 0 Å². The molecule has 0 saturated heterocycles. The molecule has 2 aromatic carbocycles. The molecule has 1 aromatic heterocycles. The highest BCUT2D eigenvalue weighted by molar-refractivity contribution is 5.88. The number of nitrogens with zero attached hydrogens (tertiary/aromatic N) is 1. The van der Waals surface area contributed by atoms with Crippen molar-refractivity contribution in [2.75, 3.05) is 13.2 Å². The van der Waals surface area contributed by atoms with Crippen molar-refractivity contribution < 1.29 is 14.3 Å². The smallest absolute Gasteiger partial charge is 0.272 e. The third-order valence-electron chi connectivity index (χ3n) is 4.55. The molecule has 1 amide bonds. The quantitative estimate of drug-likeness (QED) is 0.739. The van der Waals surface area contributed by atoms with Crippen LogP contribution in [-0.2, 0) is 11.2 Å². The Morgan fingerprint density at radius 2 is 1.89 bits per heavy atom. The fraction of sp³-hybridized carbons (Fsp3) is 0.250. The molecule has 7 heteroatoms. The maximum absolute atomic E-state index is 12.5. The van der Waals surface area contributed by atoms with E-state index in [4.69, 9.17) is 9.47 Å². The molecule has 0 aliphatic carbocycles. The van der Waals surface area contributed by atoms with Crippen molar-refractivity contribution in [3.63, 3.8) is 0 Å². The summed E-state index contributed by atoms with van der Waals surface area (Å²) in [6, 6.07) is 12.6. The number of aromatic nitrogens is 2. The topological polar surface area (TPSA) is 93.3 Å². The summed E-state index contributed by atoms with van der Waals surface area (Å²) >= 11 is 0. The number of aromatic amines is 1. The Hall–Kier alpha value is -3.35. The number of rotatable bonds is 4. The minimum atomic E-state index is -0.264. The van der Waals surface area contributed by atoms with Gasteiger partial charge in [0.05, 0.1) is 23.5 Å². The highest BCUT2D eigenvalue weighted by Crippen LogP contribution is 2.32. The molecule has 1 unspecified atom stereocenters. The van der Waals surface area contributed by atoms with Crippen molar-refractivity contribution in [3.8, 4) is 11.5 Å². The Balaban J connectivity index is 1.50. The number of fused-ring (bicyclic) bond motifs is 2. The van der Waals surface area contributed by atoms with Gasteiger partial charge in [0.25, 0.3) is 5.56 Å². The number of hydrogen-bond acceptors (Lipinski definition) is 5. The van der Waals surface area contributed by atoms with Gasteiger partial charge in [0.15, 0.2) is 11.5 Å². The van der Waals surface area contributed by atoms with Gasteiger partial charge in [0.1, 0.15) is 13.2 Å². The van der Waals surface area contributed by atoms with Crippen LogP contribution in [0.3, 0.4) is 0 Å². The molecular weight excluding hydrogens is 346 g/mol. The molecule has 7 nitrogen and oxygen atoms in total. The van der Waals surface area contributed by atoms with Crippen LogP contribution in [0.25, 0.3) is 10.8 Å². The van der Waals surface area contributed by atoms with Crippen molar-refractivity contribution >= 4 is 16.7 Å². The number of carbonyl (C=O) groups excluding carboxylic acids is 1. The average molecular weight is 365 g/mol. The van der Waals surface area contributed by atoms with Gasteiger partial charge in [0, 0.05) is 5.39 Å². The Bertz CT molecular complexity index is 1060.